The van der Waals surface area contributed by atoms with Crippen LogP contribution in [0.5, 0.6) is 0 Å². The zero-order chi connectivity index (χ0) is 19.3. The Hall–Kier alpha value is -3.22. The van der Waals surface area contributed by atoms with Crippen LogP contribution in [0.1, 0.15) is 34.1 Å². The molecule has 0 aliphatic heterocycles. The van der Waals surface area contributed by atoms with Gasteiger partial charge in [-0.1, -0.05) is 30.3 Å². The van der Waals surface area contributed by atoms with E-state index in [2.05, 4.69) is 9.72 Å². The number of nitrogens with zero attached hydrogens (tertiary/aromatic N) is 1. The predicted molar refractivity (Wildman–Crippen MR) is 92.3 cm³/mol. The normalized spacial score (nSPS) is 11.5. The maximum atomic E-state index is 13.1. The van der Waals surface area contributed by atoms with E-state index in [0.29, 0.717) is 17.0 Å². The van der Waals surface area contributed by atoms with E-state index in [1.807, 2.05) is 0 Å². The van der Waals surface area contributed by atoms with Crippen LogP contribution in [0.15, 0.2) is 40.3 Å². The number of rotatable bonds is 6. The number of carbonyl (C=O) groups excluding carboxylic acids is 3. The van der Waals surface area contributed by atoms with Crippen molar-refractivity contribution in [2.75, 3.05) is 14.2 Å². The van der Waals surface area contributed by atoms with Crippen molar-refractivity contribution < 1.29 is 28.3 Å². The van der Waals surface area contributed by atoms with Gasteiger partial charge in [-0.2, -0.15) is 0 Å². The SMILES string of the molecule is COC(=O)C/C(C(=O)OC)=C(/C(=O)c1ccccc1)c1nc(C)c(C)o1. The number of oxazole rings is 1. The van der Waals surface area contributed by atoms with Crippen molar-refractivity contribution in [2.45, 2.75) is 20.3 Å². The Labute approximate surface area is 150 Å². The molecule has 0 saturated heterocycles. The fraction of sp³-hybridized carbons (Fsp3) is 0.263. The second kappa shape index (κ2) is 8.24. The molecule has 0 atom stereocenters. The smallest absolute Gasteiger partial charge is 0.335 e. The van der Waals surface area contributed by atoms with Gasteiger partial charge in [-0.05, 0) is 13.8 Å². The first kappa shape index (κ1) is 19.1. The quantitative estimate of drug-likeness (QED) is 0.445. The molecule has 0 fully saturated rings. The number of ether oxygens (including phenoxy) is 2. The van der Waals surface area contributed by atoms with Gasteiger partial charge in [0.15, 0.2) is 5.78 Å². The summed E-state index contributed by atoms with van der Waals surface area (Å²) in [5, 5.41) is 0. The summed E-state index contributed by atoms with van der Waals surface area (Å²) in [6.07, 6.45) is -0.447. The Morgan fingerprint density at radius 2 is 1.69 bits per heavy atom. The van der Waals surface area contributed by atoms with Crippen molar-refractivity contribution >= 4 is 23.3 Å². The fourth-order valence-corrected chi connectivity index (χ4v) is 2.28. The highest BCUT2D eigenvalue weighted by molar-refractivity contribution is 6.32. The largest absolute Gasteiger partial charge is 0.469 e. The number of hydrogen-bond donors (Lipinski definition) is 0. The molecule has 7 heteroatoms. The van der Waals surface area contributed by atoms with Gasteiger partial charge in [-0.25, -0.2) is 9.78 Å². The maximum Gasteiger partial charge on any atom is 0.335 e. The van der Waals surface area contributed by atoms with E-state index in [1.54, 1.807) is 44.2 Å². The summed E-state index contributed by atoms with van der Waals surface area (Å²) >= 11 is 0. The molecular weight excluding hydrogens is 338 g/mol. The standard InChI is InChI=1S/C19H19NO6/c1-11-12(2)26-18(20-11)16(17(22)13-8-6-5-7-9-13)14(19(23)25-4)10-15(21)24-3/h5-9H,10H2,1-4H3/b16-14+. The van der Waals surface area contributed by atoms with Crippen molar-refractivity contribution in [2.24, 2.45) is 0 Å². The van der Waals surface area contributed by atoms with Crippen LogP contribution in [0.4, 0.5) is 0 Å². The van der Waals surface area contributed by atoms with Crippen molar-refractivity contribution in [3.8, 4) is 0 Å². The van der Waals surface area contributed by atoms with Crippen LogP contribution < -0.4 is 0 Å². The van der Waals surface area contributed by atoms with Crippen LogP contribution in [-0.4, -0.2) is 36.9 Å². The summed E-state index contributed by atoms with van der Waals surface area (Å²) in [6, 6.07) is 8.33. The molecule has 0 saturated carbocycles. The Kier molecular flexibility index (Phi) is 6.06. The second-order valence-corrected chi connectivity index (χ2v) is 5.45. The van der Waals surface area contributed by atoms with Gasteiger partial charge in [0, 0.05) is 5.56 Å². The first-order valence-electron chi connectivity index (χ1n) is 7.81. The van der Waals surface area contributed by atoms with Crippen molar-refractivity contribution in [3.05, 3.63) is 58.8 Å². The highest BCUT2D eigenvalue weighted by Gasteiger charge is 2.30. The molecule has 2 aromatic rings. The molecule has 1 aromatic carbocycles. The van der Waals surface area contributed by atoms with Gasteiger partial charge in [0.1, 0.15) is 5.76 Å². The fourth-order valence-electron chi connectivity index (χ4n) is 2.28. The highest BCUT2D eigenvalue weighted by Crippen LogP contribution is 2.27. The molecule has 136 valence electrons. The average Bonchev–Trinajstić information content (AvgIpc) is 2.99. The third-order valence-electron chi connectivity index (χ3n) is 3.79. The van der Waals surface area contributed by atoms with E-state index in [-0.39, 0.29) is 17.0 Å². The molecule has 1 heterocycles. The molecular formula is C19H19NO6. The minimum Gasteiger partial charge on any atom is -0.469 e. The monoisotopic (exact) mass is 357 g/mol. The van der Waals surface area contributed by atoms with Gasteiger partial charge in [-0.15, -0.1) is 0 Å². The summed E-state index contributed by atoms with van der Waals surface area (Å²) in [6.45, 7) is 3.40. The van der Waals surface area contributed by atoms with E-state index in [0.717, 1.165) is 7.11 Å². The van der Waals surface area contributed by atoms with Gasteiger partial charge in [0.05, 0.1) is 37.5 Å². The van der Waals surface area contributed by atoms with Crippen molar-refractivity contribution in [1.82, 2.24) is 4.98 Å². The number of esters is 2. The van der Waals surface area contributed by atoms with Crippen LogP contribution in [0.2, 0.25) is 0 Å². The molecule has 0 aliphatic carbocycles. The van der Waals surface area contributed by atoms with E-state index in [9.17, 15) is 14.4 Å². The molecule has 7 nitrogen and oxygen atoms in total. The van der Waals surface area contributed by atoms with E-state index < -0.39 is 24.1 Å². The molecule has 0 amide bonds. The lowest BCUT2D eigenvalue weighted by Crippen LogP contribution is -2.17. The summed E-state index contributed by atoms with van der Waals surface area (Å²) in [5.74, 6) is -1.57. The number of aryl methyl sites for hydroxylation is 2. The molecule has 0 spiro atoms. The Balaban J connectivity index is 2.72. The van der Waals surface area contributed by atoms with Crippen LogP contribution >= 0.6 is 0 Å². The topological polar surface area (TPSA) is 95.7 Å². The minimum atomic E-state index is -0.830. The highest BCUT2D eigenvalue weighted by atomic mass is 16.5. The molecule has 0 bridgehead atoms. The molecule has 26 heavy (non-hydrogen) atoms. The Morgan fingerprint density at radius 1 is 1.04 bits per heavy atom. The number of carbonyl (C=O) groups is 3. The van der Waals surface area contributed by atoms with Gasteiger partial charge in [0.25, 0.3) is 0 Å². The lowest BCUT2D eigenvalue weighted by molar-refractivity contribution is -0.143. The number of benzene rings is 1. The summed E-state index contributed by atoms with van der Waals surface area (Å²) in [4.78, 5) is 41.4. The zero-order valence-electron chi connectivity index (χ0n) is 15.0. The van der Waals surface area contributed by atoms with Crippen LogP contribution in [0.3, 0.4) is 0 Å². The van der Waals surface area contributed by atoms with Crippen LogP contribution in [-0.2, 0) is 19.1 Å². The molecule has 2 rings (SSSR count). The summed E-state index contributed by atoms with van der Waals surface area (Å²) in [7, 11) is 2.35. The minimum absolute atomic E-state index is 0.0434. The van der Waals surface area contributed by atoms with Crippen molar-refractivity contribution in [3.63, 3.8) is 0 Å². The molecule has 1 aromatic heterocycles. The predicted octanol–water partition coefficient (Wildman–Crippen LogP) is 2.66. The first-order valence-corrected chi connectivity index (χ1v) is 7.81. The molecule has 0 unspecified atom stereocenters. The second-order valence-electron chi connectivity index (χ2n) is 5.45. The summed E-state index contributed by atoms with van der Waals surface area (Å²) in [5.41, 5.74) is 0.599. The molecule has 0 radical (unpaired) electrons. The Bertz CT molecular complexity index is 844. The van der Waals surface area contributed by atoms with Crippen molar-refractivity contribution in [1.29, 1.82) is 0 Å². The number of methoxy groups -OCH3 is 2. The number of ketones is 1. The van der Waals surface area contributed by atoms with Gasteiger partial charge in [-0.3, -0.25) is 9.59 Å². The van der Waals surface area contributed by atoms with Gasteiger partial charge in [0.2, 0.25) is 5.89 Å². The third-order valence-corrected chi connectivity index (χ3v) is 3.79. The van der Waals surface area contributed by atoms with E-state index in [4.69, 9.17) is 9.15 Å². The third kappa shape index (κ3) is 4.05. The molecule has 0 aliphatic rings. The first-order chi connectivity index (χ1) is 12.4. The van der Waals surface area contributed by atoms with Gasteiger partial charge < -0.3 is 13.9 Å². The van der Waals surface area contributed by atoms with Crippen LogP contribution in [0.25, 0.3) is 5.57 Å². The zero-order valence-corrected chi connectivity index (χ0v) is 15.0. The lowest BCUT2D eigenvalue weighted by Gasteiger charge is -2.10. The van der Waals surface area contributed by atoms with E-state index in [1.165, 1.54) is 7.11 Å². The average molecular weight is 357 g/mol. The number of Topliss-reactive ketones (excluding diaryl/α,β-unsaturated/α-hetero) is 1. The number of hydrogen-bond acceptors (Lipinski definition) is 7. The van der Waals surface area contributed by atoms with Crippen LogP contribution in [0, 0.1) is 13.8 Å². The number of allylic oxidation sites excluding steroid dienone is 1. The number of aromatic nitrogens is 1. The lowest BCUT2D eigenvalue weighted by atomic mass is 9.96. The maximum absolute atomic E-state index is 13.1. The Morgan fingerprint density at radius 3 is 2.19 bits per heavy atom. The van der Waals surface area contributed by atoms with E-state index >= 15 is 0 Å². The summed E-state index contributed by atoms with van der Waals surface area (Å²) < 4.78 is 14.9. The van der Waals surface area contributed by atoms with Gasteiger partial charge >= 0.3 is 11.9 Å². The molecule has 0 N–H and O–H groups in total.